The molecule has 13 heteroatoms. The van der Waals surface area contributed by atoms with E-state index in [0.29, 0.717) is 48.7 Å². The predicted molar refractivity (Wildman–Crippen MR) is 153 cm³/mol. The Morgan fingerprint density at radius 3 is 2.62 bits per heavy atom. The number of hydrogen-bond donors (Lipinski definition) is 2. The van der Waals surface area contributed by atoms with Gasteiger partial charge >= 0.3 is 5.97 Å². The summed E-state index contributed by atoms with van der Waals surface area (Å²) in [6, 6.07) is 7.26. The number of carbonyl (C=O) groups is 4. The Kier molecular flexibility index (Phi) is 8.74. The van der Waals surface area contributed by atoms with E-state index in [0.717, 1.165) is 25.7 Å². The van der Waals surface area contributed by atoms with Crippen molar-refractivity contribution in [2.45, 2.75) is 45.1 Å². The summed E-state index contributed by atoms with van der Waals surface area (Å²) in [5, 5.41) is 5.84. The molecule has 1 unspecified atom stereocenters. The fourth-order valence-corrected chi connectivity index (χ4v) is 5.03. The maximum absolute atomic E-state index is 13.6. The predicted octanol–water partition coefficient (Wildman–Crippen LogP) is 2.52. The number of benzene rings is 1. The summed E-state index contributed by atoms with van der Waals surface area (Å²) in [5.74, 6) is -0.936. The van der Waals surface area contributed by atoms with Crippen molar-refractivity contribution in [1.29, 1.82) is 0 Å². The maximum Gasteiger partial charge on any atom is 0.356 e. The first-order valence-corrected chi connectivity index (χ1v) is 13.9. The van der Waals surface area contributed by atoms with Gasteiger partial charge in [0.2, 0.25) is 17.8 Å². The number of aromatic nitrogens is 2. The molecule has 5 rings (SSSR count). The lowest BCUT2D eigenvalue weighted by molar-refractivity contribution is -0.140. The van der Waals surface area contributed by atoms with Gasteiger partial charge in [0.15, 0.2) is 11.5 Å². The van der Waals surface area contributed by atoms with Crippen molar-refractivity contribution in [2.75, 3.05) is 38.6 Å². The van der Waals surface area contributed by atoms with Gasteiger partial charge in [-0.3, -0.25) is 19.7 Å². The van der Waals surface area contributed by atoms with Crippen LogP contribution in [0.15, 0.2) is 45.9 Å². The highest BCUT2D eigenvalue weighted by Gasteiger charge is 2.30. The Balaban J connectivity index is 1.39. The number of amides is 3. The average molecular weight is 576 g/mol. The van der Waals surface area contributed by atoms with Crippen LogP contribution in [0.5, 0.6) is 0 Å². The Morgan fingerprint density at radius 2 is 1.88 bits per heavy atom. The van der Waals surface area contributed by atoms with Gasteiger partial charge in [0.1, 0.15) is 17.3 Å². The summed E-state index contributed by atoms with van der Waals surface area (Å²) in [6.07, 6.45) is 5.15. The van der Waals surface area contributed by atoms with Crippen LogP contribution in [0.2, 0.25) is 0 Å². The highest BCUT2D eigenvalue weighted by molar-refractivity contribution is 6.10. The Labute approximate surface area is 242 Å². The van der Waals surface area contributed by atoms with E-state index in [9.17, 15) is 19.2 Å². The highest BCUT2D eigenvalue weighted by Crippen LogP contribution is 2.21. The minimum absolute atomic E-state index is 0.0143. The molecule has 1 atom stereocenters. The summed E-state index contributed by atoms with van der Waals surface area (Å²) in [4.78, 5) is 67.7. The van der Waals surface area contributed by atoms with E-state index in [2.05, 4.69) is 30.3 Å². The molecule has 2 aliphatic rings. The van der Waals surface area contributed by atoms with Crippen molar-refractivity contribution < 1.29 is 28.3 Å². The normalized spacial score (nSPS) is 17.7. The molecule has 2 fully saturated rings. The van der Waals surface area contributed by atoms with E-state index in [4.69, 9.17) is 4.42 Å². The van der Waals surface area contributed by atoms with Gasteiger partial charge in [-0.05, 0) is 62.4 Å². The molecule has 3 aromatic rings. The van der Waals surface area contributed by atoms with Crippen LogP contribution in [0.4, 0.5) is 5.69 Å². The molecule has 4 heterocycles. The number of hydrogen-bond acceptors (Lipinski definition) is 9. The third-order valence-electron chi connectivity index (χ3n) is 7.23. The SMILES string of the molecule is COC(=O)c1ccc(C(=O)NC(=NC2CCCCN(CC(=O)N3CCCC3)C2=O)Nc2ccc3oc(C)nc3c2)cn1. The number of methoxy groups -OCH3 is 1. The minimum Gasteiger partial charge on any atom is -0.464 e. The number of oxazole rings is 1. The quantitative estimate of drug-likeness (QED) is 0.256. The van der Waals surface area contributed by atoms with Crippen molar-refractivity contribution in [2.24, 2.45) is 4.99 Å². The summed E-state index contributed by atoms with van der Waals surface area (Å²) < 4.78 is 10.2. The Bertz CT molecular complexity index is 1510. The molecule has 2 aliphatic heterocycles. The number of esters is 1. The van der Waals surface area contributed by atoms with Crippen LogP contribution in [-0.2, 0) is 14.3 Å². The van der Waals surface area contributed by atoms with Crippen LogP contribution in [0.1, 0.15) is 58.8 Å². The van der Waals surface area contributed by atoms with Gasteiger partial charge in [-0.1, -0.05) is 0 Å². The number of anilines is 1. The molecule has 0 radical (unpaired) electrons. The molecule has 3 amide bonds. The number of rotatable bonds is 6. The zero-order chi connectivity index (χ0) is 29.6. The molecule has 0 saturated carbocycles. The lowest BCUT2D eigenvalue weighted by Gasteiger charge is -2.25. The largest absolute Gasteiger partial charge is 0.464 e. The topological polar surface area (TPSA) is 159 Å². The highest BCUT2D eigenvalue weighted by atomic mass is 16.5. The minimum atomic E-state index is -0.806. The second kappa shape index (κ2) is 12.8. The molecule has 0 spiro atoms. The molecule has 13 nitrogen and oxygen atoms in total. The summed E-state index contributed by atoms with van der Waals surface area (Å²) in [6.45, 7) is 3.67. The van der Waals surface area contributed by atoms with Gasteiger partial charge in [-0.15, -0.1) is 0 Å². The summed E-state index contributed by atoms with van der Waals surface area (Å²) >= 11 is 0. The summed E-state index contributed by atoms with van der Waals surface area (Å²) in [5.41, 5.74) is 2.02. The number of ether oxygens (including phenoxy) is 1. The van der Waals surface area contributed by atoms with Crippen LogP contribution in [-0.4, -0.2) is 88.7 Å². The second-order valence-electron chi connectivity index (χ2n) is 10.3. The van der Waals surface area contributed by atoms with Crippen molar-refractivity contribution in [3.63, 3.8) is 0 Å². The first kappa shape index (κ1) is 28.7. The number of carbonyl (C=O) groups excluding carboxylic acids is 4. The standard InChI is InChI=1S/C29H33N7O6/c1-18-31-23-15-20(9-11-24(23)42-18)32-29(34-26(38)19-8-10-22(30-16-19)28(40)41-2)33-21-7-3-4-14-36(27(21)39)17-25(37)35-12-5-6-13-35/h8-11,15-16,21H,3-7,12-14,17H2,1-2H3,(H2,32,33,34,38). The molecule has 1 aromatic carbocycles. The van der Waals surface area contributed by atoms with Gasteiger partial charge in [0.25, 0.3) is 5.91 Å². The Hall–Kier alpha value is -4.81. The van der Waals surface area contributed by atoms with E-state index >= 15 is 0 Å². The zero-order valence-corrected chi connectivity index (χ0v) is 23.6. The second-order valence-corrected chi connectivity index (χ2v) is 10.3. The molecular weight excluding hydrogens is 542 g/mol. The molecule has 2 N–H and O–H groups in total. The van der Waals surface area contributed by atoms with E-state index in [1.54, 1.807) is 34.9 Å². The third-order valence-corrected chi connectivity index (χ3v) is 7.23. The number of aliphatic imine (C=N–C) groups is 1. The summed E-state index contributed by atoms with van der Waals surface area (Å²) in [7, 11) is 1.25. The van der Waals surface area contributed by atoms with Crippen LogP contribution >= 0.6 is 0 Å². The molecular formula is C29H33N7O6. The number of pyridine rings is 1. The van der Waals surface area contributed by atoms with E-state index < -0.39 is 17.9 Å². The fraction of sp³-hybridized carbons (Fsp3) is 0.414. The van der Waals surface area contributed by atoms with Crippen LogP contribution in [0.3, 0.4) is 0 Å². The number of nitrogens with one attached hydrogen (secondary N) is 2. The van der Waals surface area contributed by atoms with Gasteiger partial charge in [0.05, 0.1) is 19.2 Å². The first-order valence-electron chi connectivity index (χ1n) is 13.9. The molecule has 42 heavy (non-hydrogen) atoms. The number of aryl methyl sites for hydroxylation is 1. The monoisotopic (exact) mass is 575 g/mol. The molecule has 0 bridgehead atoms. The van der Waals surface area contributed by atoms with Crippen molar-refractivity contribution in [1.82, 2.24) is 25.1 Å². The fourth-order valence-electron chi connectivity index (χ4n) is 5.03. The van der Waals surface area contributed by atoms with Crippen LogP contribution in [0.25, 0.3) is 11.1 Å². The van der Waals surface area contributed by atoms with E-state index in [1.165, 1.54) is 25.4 Å². The molecule has 2 aromatic heterocycles. The molecule has 2 saturated heterocycles. The first-order chi connectivity index (χ1) is 20.3. The number of fused-ring (bicyclic) bond motifs is 1. The van der Waals surface area contributed by atoms with Crippen molar-refractivity contribution in [3.8, 4) is 0 Å². The van der Waals surface area contributed by atoms with Gasteiger partial charge < -0.3 is 24.3 Å². The average Bonchev–Trinajstić information content (AvgIpc) is 3.63. The van der Waals surface area contributed by atoms with E-state index in [-0.39, 0.29) is 35.6 Å². The van der Waals surface area contributed by atoms with Gasteiger partial charge in [-0.25, -0.2) is 19.8 Å². The lowest BCUT2D eigenvalue weighted by atomic mass is 10.1. The van der Waals surface area contributed by atoms with Crippen molar-refractivity contribution in [3.05, 3.63) is 53.7 Å². The lowest BCUT2D eigenvalue weighted by Crippen LogP contribution is -2.45. The maximum atomic E-state index is 13.6. The molecule has 220 valence electrons. The van der Waals surface area contributed by atoms with E-state index in [1.807, 2.05) is 0 Å². The molecule has 0 aliphatic carbocycles. The van der Waals surface area contributed by atoms with Crippen molar-refractivity contribution >= 4 is 46.4 Å². The van der Waals surface area contributed by atoms with Crippen LogP contribution in [0, 0.1) is 6.92 Å². The number of likely N-dealkylation sites (tertiary alicyclic amines) is 2. The smallest absolute Gasteiger partial charge is 0.356 e. The third kappa shape index (κ3) is 6.73. The van der Waals surface area contributed by atoms with Crippen LogP contribution < -0.4 is 10.6 Å². The van der Waals surface area contributed by atoms with Gasteiger partial charge in [0, 0.05) is 38.4 Å². The number of nitrogens with zero attached hydrogens (tertiary/aromatic N) is 5. The Morgan fingerprint density at radius 1 is 1.10 bits per heavy atom. The zero-order valence-electron chi connectivity index (χ0n) is 23.6. The van der Waals surface area contributed by atoms with Gasteiger partial charge in [-0.2, -0.15) is 0 Å². The number of guanidine groups is 1.